The summed E-state index contributed by atoms with van der Waals surface area (Å²) >= 11 is 5.91. The summed E-state index contributed by atoms with van der Waals surface area (Å²) in [5.41, 5.74) is 5.45. The van der Waals surface area contributed by atoms with E-state index >= 15 is 0 Å². The molecule has 1 saturated carbocycles. The number of hydrogen-bond donors (Lipinski definition) is 2. The van der Waals surface area contributed by atoms with E-state index in [1.165, 1.54) is 6.07 Å². The fraction of sp³-hybridized carbons (Fsp3) is 0.500. The van der Waals surface area contributed by atoms with Crippen LogP contribution in [0.2, 0.25) is 0 Å². The van der Waals surface area contributed by atoms with Crippen molar-refractivity contribution in [3.63, 3.8) is 0 Å². The van der Waals surface area contributed by atoms with Crippen LogP contribution in [0, 0.1) is 11.8 Å². The average molecular weight is 290 g/mol. The summed E-state index contributed by atoms with van der Waals surface area (Å²) < 4.78 is 26.7. The average Bonchev–Trinajstić information content (AvgIpc) is 2.78. The molecule has 7 heteroatoms. The Bertz CT molecular complexity index is 536. The van der Waals surface area contributed by atoms with Gasteiger partial charge in [0.2, 0.25) is 10.0 Å². The van der Waals surface area contributed by atoms with Crippen LogP contribution in [0.25, 0.3) is 0 Å². The zero-order valence-electron chi connectivity index (χ0n) is 9.34. The third-order valence-corrected chi connectivity index (χ3v) is 6.28. The second-order valence-electron chi connectivity index (χ2n) is 4.31. The maximum absolute atomic E-state index is 11.9. The lowest BCUT2D eigenvalue weighted by Gasteiger charge is -2.03. The number of thiocarbonyl (C=S) groups is 1. The van der Waals surface area contributed by atoms with Crippen molar-refractivity contribution in [3.05, 3.63) is 17.0 Å². The summed E-state index contributed by atoms with van der Waals surface area (Å²) in [7, 11) is -3.40. The van der Waals surface area contributed by atoms with E-state index in [4.69, 9.17) is 18.0 Å². The molecule has 0 bridgehead atoms. The molecule has 3 N–H and O–H groups in total. The zero-order chi connectivity index (χ0) is 12.6. The van der Waals surface area contributed by atoms with Crippen molar-refractivity contribution >= 4 is 38.6 Å². The molecule has 1 aromatic heterocycles. The van der Waals surface area contributed by atoms with Gasteiger partial charge >= 0.3 is 0 Å². The molecule has 0 spiro atoms. The Kier molecular flexibility index (Phi) is 3.53. The third-order valence-electron chi connectivity index (χ3n) is 2.90. The second kappa shape index (κ2) is 4.64. The molecular weight excluding hydrogens is 276 g/mol. The Morgan fingerprint density at radius 1 is 1.65 bits per heavy atom. The van der Waals surface area contributed by atoms with Crippen molar-refractivity contribution in [2.45, 2.75) is 17.6 Å². The largest absolute Gasteiger partial charge is 0.389 e. The molecule has 2 unspecified atom stereocenters. The van der Waals surface area contributed by atoms with E-state index in [0.29, 0.717) is 23.3 Å². The molecule has 4 nitrogen and oxygen atoms in total. The van der Waals surface area contributed by atoms with Crippen molar-refractivity contribution in [1.29, 1.82) is 0 Å². The highest BCUT2D eigenvalue weighted by atomic mass is 32.2. The minimum Gasteiger partial charge on any atom is -0.389 e. The van der Waals surface area contributed by atoms with Crippen molar-refractivity contribution in [1.82, 2.24) is 4.72 Å². The van der Waals surface area contributed by atoms with Crippen LogP contribution in [0.3, 0.4) is 0 Å². The minimum atomic E-state index is -3.40. The van der Waals surface area contributed by atoms with Gasteiger partial charge in [0.1, 0.15) is 9.20 Å². The van der Waals surface area contributed by atoms with Gasteiger partial charge in [-0.15, -0.1) is 11.3 Å². The predicted octanol–water partition coefficient (Wildman–Crippen LogP) is 1.32. The Hall–Kier alpha value is -0.500. The van der Waals surface area contributed by atoms with Crippen LogP contribution in [-0.2, 0) is 10.0 Å². The Morgan fingerprint density at radius 2 is 2.29 bits per heavy atom. The summed E-state index contributed by atoms with van der Waals surface area (Å²) in [5, 5.41) is 0. The van der Waals surface area contributed by atoms with Crippen molar-refractivity contribution in [3.8, 4) is 0 Å². The molecule has 1 heterocycles. The van der Waals surface area contributed by atoms with E-state index in [1.807, 2.05) is 0 Å². The summed E-state index contributed by atoms with van der Waals surface area (Å²) in [5.74, 6) is 1.12. The molecule has 0 amide bonds. The zero-order valence-corrected chi connectivity index (χ0v) is 11.8. The molecule has 0 radical (unpaired) electrons. The summed E-state index contributed by atoms with van der Waals surface area (Å²) in [4.78, 5) is 0.854. The fourth-order valence-electron chi connectivity index (χ4n) is 1.57. The minimum absolute atomic E-state index is 0.229. The van der Waals surface area contributed by atoms with Crippen LogP contribution < -0.4 is 10.5 Å². The van der Waals surface area contributed by atoms with Gasteiger partial charge in [-0.3, -0.25) is 0 Å². The lowest BCUT2D eigenvalue weighted by Crippen LogP contribution is -2.25. The Balaban J connectivity index is 2.05. The monoisotopic (exact) mass is 290 g/mol. The predicted molar refractivity (Wildman–Crippen MR) is 72.7 cm³/mol. The Morgan fingerprint density at radius 3 is 2.76 bits per heavy atom. The van der Waals surface area contributed by atoms with E-state index in [9.17, 15) is 8.42 Å². The maximum Gasteiger partial charge on any atom is 0.250 e. The highest BCUT2D eigenvalue weighted by Crippen LogP contribution is 2.37. The highest BCUT2D eigenvalue weighted by Gasteiger charge is 2.33. The molecule has 2 rings (SSSR count). The van der Waals surface area contributed by atoms with Crippen LogP contribution in [0.1, 0.15) is 18.2 Å². The third kappa shape index (κ3) is 3.04. The van der Waals surface area contributed by atoms with Gasteiger partial charge in [0, 0.05) is 6.54 Å². The van der Waals surface area contributed by atoms with Gasteiger partial charge in [0.05, 0.1) is 4.88 Å². The number of nitrogens with one attached hydrogen (secondary N) is 1. The molecule has 0 aromatic carbocycles. The molecule has 0 aliphatic heterocycles. The topological polar surface area (TPSA) is 72.2 Å². The van der Waals surface area contributed by atoms with Crippen molar-refractivity contribution in [2.75, 3.05) is 6.54 Å². The lowest BCUT2D eigenvalue weighted by molar-refractivity contribution is 0.576. The standard InChI is InChI=1S/C10H14N2O2S3/c1-6-4-7(6)5-12-17(13,14)9-3-2-8(16-9)10(11)15/h2-3,6-7,12H,4-5H2,1H3,(H2,11,15). The molecule has 1 aliphatic rings. The van der Waals surface area contributed by atoms with Crippen LogP contribution in [-0.4, -0.2) is 20.0 Å². The number of nitrogens with two attached hydrogens (primary N) is 1. The van der Waals surface area contributed by atoms with E-state index in [2.05, 4.69) is 11.6 Å². The smallest absolute Gasteiger partial charge is 0.250 e. The van der Waals surface area contributed by atoms with E-state index in [-0.39, 0.29) is 9.20 Å². The lowest BCUT2D eigenvalue weighted by atomic mass is 10.3. The molecule has 94 valence electrons. The molecule has 1 aliphatic carbocycles. The van der Waals surface area contributed by atoms with Gasteiger partial charge in [-0.25, -0.2) is 13.1 Å². The molecule has 1 aromatic rings. The Labute approximate surface area is 110 Å². The van der Waals surface area contributed by atoms with Gasteiger partial charge in [-0.2, -0.15) is 0 Å². The van der Waals surface area contributed by atoms with Crippen molar-refractivity contribution in [2.24, 2.45) is 17.6 Å². The van der Waals surface area contributed by atoms with Gasteiger partial charge in [0.25, 0.3) is 0 Å². The normalized spacial score (nSPS) is 23.6. The fourth-order valence-corrected chi connectivity index (χ4v) is 4.06. The molecule has 2 atom stereocenters. The van der Waals surface area contributed by atoms with E-state index in [1.54, 1.807) is 6.07 Å². The first kappa shape index (κ1) is 12.9. The van der Waals surface area contributed by atoms with Crippen LogP contribution >= 0.6 is 23.6 Å². The first-order valence-corrected chi connectivity index (χ1v) is 8.00. The van der Waals surface area contributed by atoms with Crippen LogP contribution in [0.15, 0.2) is 16.3 Å². The van der Waals surface area contributed by atoms with Crippen molar-refractivity contribution < 1.29 is 8.42 Å². The van der Waals surface area contributed by atoms with E-state index in [0.717, 1.165) is 17.8 Å². The molecule has 1 fully saturated rings. The SMILES string of the molecule is CC1CC1CNS(=O)(=O)c1ccc(C(N)=S)s1. The van der Waals surface area contributed by atoms with E-state index < -0.39 is 10.0 Å². The first-order chi connectivity index (χ1) is 7.90. The number of rotatable bonds is 5. The van der Waals surface area contributed by atoms with Gasteiger partial charge < -0.3 is 5.73 Å². The molecule has 17 heavy (non-hydrogen) atoms. The summed E-state index contributed by atoms with van der Waals surface area (Å²) in [6.45, 7) is 2.64. The van der Waals surface area contributed by atoms with Crippen LogP contribution in [0.5, 0.6) is 0 Å². The van der Waals surface area contributed by atoms with Gasteiger partial charge in [-0.05, 0) is 30.4 Å². The molecular formula is C10H14N2O2S3. The summed E-state index contributed by atoms with van der Waals surface area (Å²) in [6, 6.07) is 3.18. The maximum atomic E-state index is 11.9. The van der Waals surface area contributed by atoms with Crippen LogP contribution in [0.4, 0.5) is 0 Å². The second-order valence-corrected chi connectivity index (χ2v) is 7.83. The number of hydrogen-bond acceptors (Lipinski definition) is 4. The summed E-state index contributed by atoms with van der Waals surface area (Å²) in [6.07, 6.45) is 1.10. The molecule has 0 saturated heterocycles. The van der Waals surface area contributed by atoms with Gasteiger partial charge in [-0.1, -0.05) is 19.1 Å². The number of thiophene rings is 1. The quantitative estimate of drug-likeness (QED) is 0.802. The highest BCUT2D eigenvalue weighted by molar-refractivity contribution is 7.91. The van der Waals surface area contributed by atoms with Gasteiger partial charge in [0.15, 0.2) is 0 Å². The number of sulfonamides is 1. The first-order valence-electron chi connectivity index (χ1n) is 5.29.